The van der Waals surface area contributed by atoms with Crippen LogP contribution in [-0.2, 0) is 12.8 Å². The van der Waals surface area contributed by atoms with Crippen LogP contribution in [0.3, 0.4) is 0 Å². The first-order chi connectivity index (χ1) is 8.79. The van der Waals surface area contributed by atoms with Crippen molar-refractivity contribution in [1.29, 1.82) is 0 Å². The average molecular weight is 246 g/mol. The minimum atomic E-state index is 0.574. The topological polar surface area (TPSA) is 76.8 Å². The Labute approximate surface area is 106 Å². The number of nitrogens with one attached hydrogen (secondary N) is 1. The second kappa shape index (κ2) is 6.16. The zero-order valence-electron chi connectivity index (χ0n) is 10.5. The molecule has 0 saturated carbocycles. The second-order valence-corrected chi connectivity index (χ2v) is 4.10. The van der Waals surface area contributed by atoms with Crippen molar-refractivity contribution in [2.24, 2.45) is 5.73 Å². The quantitative estimate of drug-likeness (QED) is 0.804. The van der Waals surface area contributed by atoms with Gasteiger partial charge in [-0.05, 0) is 25.1 Å². The third-order valence-corrected chi connectivity index (χ3v) is 2.64. The van der Waals surface area contributed by atoms with E-state index in [0.717, 1.165) is 29.4 Å². The summed E-state index contributed by atoms with van der Waals surface area (Å²) in [5.41, 5.74) is 6.59. The average Bonchev–Trinajstić information content (AvgIpc) is 2.80. The van der Waals surface area contributed by atoms with Crippen LogP contribution in [-0.4, -0.2) is 28.3 Å². The molecule has 5 heteroatoms. The molecule has 0 amide bonds. The number of ether oxygens (including phenoxy) is 1. The molecule has 0 saturated heterocycles. The first kappa shape index (κ1) is 12.6. The lowest BCUT2D eigenvalue weighted by Crippen LogP contribution is -2.05. The van der Waals surface area contributed by atoms with E-state index in [0.29, 0.717) is 19.6 Å². The molecule has 0 atom stereocenters. The molecule has 3 N–H and O–H groups in total. The molecule has 0 spiro atoms. The summed E-state index contributed by atoms with van der Waals surface area (Å²) in [4.78, 5) is 4.33. The largest absolute Gasteiger partial charge is 0.493 e. The van der Waals surface area contributed by atoms with Gasteiger partial charge in [-0.15, -0.1) is 0 Å². The number of benzene rings is 1. The van der Waals surface area contributed by atoms with Crippen LogP contribution in [0.4, 0.5) is 0 Å². The highest BCUT2D eigenvalue weighted by Crippen LogP contribution is 2.16. The van der Waals surface area contributed by atoms with Crippen LogP contribution < -0.4 is 10.5 Å². The van der Waals surface area contributed by atoms with Gasteiger partial charge in [0.15, 0.2) is 5.82 Å². The fourth-order valence-corrected chi connectivity index (χ4v) is 1.67. The molecule has 18 heavy (non-hydrogen) atoms. The highest BCUT2D eigenvalue weighted by molar-refractivity contribution is 5.31. The van der Waals surface area contributed by atoms with E-state index < -0.39 is 0 Å². The van der Waals surface area contributed by atoms with Crippen molar-refractivity contribution in [3.8, 4) is 5.75 Å². The molecular formula is C13H18N4O. The maximum atomic E-state index is 5.69. The van der Waals surface area contributed by atoms with E-state index in [4.69, 9.17) is 10.5 Å². The number of para-hydroxylation sites is 1. The van der Waals surface area contributed by atoms with Crippen LogP contribution in [0.15, 0.2) is 24.3 Å². The summed E-state index contributed by atoms with van der Waals surface area (Å²) in [6.07, 6.45) is 1.42. The Balaban J connectivity index is 1.83. The second-order valence-electron chi connectivity index (χ2n) is 4.10. The lowest BCUT2D eigenvalue weighted by atomic mass is 10.2. The molecule has 1 aromatic carbocycles. The third kappa shape index (κ3) is 3.30. The molecule has 1 heterocycles. The van der Waals surface area contributed by atoms with Crippen molar-refractivity contribution in [3.05, 3.63) is 41.5 Å². The number of aromatic amines is 1. The smallest absolute Gasteiger partial charge is 0.154 e. The van der Waals surface area contributed by atoms with Crippen molar-refractivity contribution in [1.82, 2.24) is 15.2 Å². The highest BCUT2D eigenvalue weighted by Gasteiger charge is 2.03. The SMILES string of the molecule is Cc1ccccc1OCCc1n[nH]c(CCN)n1. The van der Waals surface area contributed by atoms with E-state index in [1.54, 1.807) is 0 Å². The summed E-state index contributed by atoms with van der Waals surface area (Å²) < 4.78 is 5.69. The minimum absolute atomic E-state index is 0.574. The minimum Gasteiger partial charge on any atom is -0.493 e. The first-order valence-electron chi connectivity index (χ1n) is 6.08. The molecule has 0 unspecified atom stereocenters. The molecule has 0 radical (unpaired) electrons. The van der Waals surface area contributed by atoms with Crippen LogP contribution in [0, 0.1) is 6.92 Å². The van der Waals surface area contributed by atoms with Gasteiger partial charge in [-0.25, -0.2) is 4.98 Å². The lowest BCUT2D eigenvalue weighted by molar-refractivity contribution is 0.317. The summed E-state index contributed by atoms with van der Waals surface area (Å²) >= 11 is 0. The number of nitrogens with zero attached hydrogens (tertiary/aromatic N) is 2. The number of hydrogen-bond acceptors (Lipinski definition) is 4. The van der Waals surface area contributed by atoms with Gasteiger partial charge in [-0.1, -0.05) is 18.2 Å². The molecule has 0 bridgehead atoms. The molecule has 2 aromatic rings. The fraction of sp³-hybridized carbons (Fsp3) is 0.385. The monoisotopic (exact) mass is 246 g/mol. The number of H-pyrrole nitrogens is 1. The van der Waals surface area contributed by atoms with Gasteiger partial charge >= 0.3 is 0 Å². The first-order valence-corrected chi connectivity index (χ1v) is 6.08. The van der Waals surface area contributed by atoms with Crippen LogP contribution in [0.2, 0.25) is 0 Å². The van der Waals surface area contributed by atoms with Gasteiger partial charge in [-0.3, -0.25) is 5.10 Å². The van der Waals surface area contributed by atoms with Gasteiger partial charge in [0.05, 0.1) is 6.61 Å². The van der Waals surface area contributed by atoms with Crippen molar-refractivity contribution >= 4 is 0 Å². The summed E-state index contributed by atoms with van der Waals surface area (Å²) in [5, 5.41) is 6.99. The van der Waals surface area contributed by atoms with E-state index in [1.807, 2.05) is 31.2 Å². The molecule has 96 valence electrons. The molecule has 2 rings (SSSR count). The highest BCUT2D eigenvalue weighted by atomic mass is 16.5. The number of aromatic nitrogens is 3. The maximum absolute atomic E-state index is 5.69. The third-order valence-electron chi connectivity index (χ3n) is 2.64. The molecular weight excluding hydrogens is 228 g/mol. The Hall–Kier alpha value is -1.88. The molecule has 0 aliphatic heterocycles. The molecule has 0 aliphatic carbocycles. The predicted octanol–water partition coefficient (Wildman–Crippen LogP) is 1.24. The van der Waals surface area contributed by atoms with Crippen molar-refractivity contribution in [3.63, 3.8) is 0 Å². The van der Waals surface area contributed by atoms with Gasteiger partial charge in [0, 0.05) is 12.8 Å². The zero-order chi connectivity index (χ0) is 12.8. The molecule has 0 fully saturated rings. The van der Waals surface area contributed by atoms with Crippen molar-refractivity contribution < 1.29 is 4.74 Å². The number of aryl methyl sites for hydroxylation is 1. The Kier molecular flexibility index (Phi) is 4.30. The van der Waals surface area contributed by atoms with Crippen molar-refractivity contribution in [2.75, 3.05) is 13.2 Å². The zero-order valence-corrected chi connectivity index (χ0v) is 10.5. The van der Waals surface area contributed by atoms with Crippen LogP contribution in [0.5, 0.6) is 5.75 Å². The van der Waals surface area contributed by atoms with Gasteiger partial charge < -0.3 is 10.5 Å². The molecule has 5 nitrogen and oxygen atoms in total. The van der Waals surface area contributed by atoms with E-state index in [2.05, 4.69) is 15.2 Å². The molecule has 1 aromatic heterocycles. The summed E-state index contributed by atoms with van der Waals surface area (Å²) in [6.45, 7) is 3.18. The van der Waals surface area contributed by atoms with Gasteiger partial charge in [0.25, 0.3) is 0 Å². The summed E-state index contributed by atoms with van der Waals surface area (Å²) in [6, 6.07) is 7.96. The van der Waals surface area contributed by atoms with E-state index >= 15 is 0 Å². The normalized spacial score (nSPS) is 10.6. The Morgan fingerprint density at radius 2 is 2.11 bits per heavy atom. The lowest BCUT2D eigenvalue weighted by Gasteiger charge is -2.06. The summed E-state index contributed by atoms with van der Waals surface area (Å²) in [7, 11) is 0. The predicted molar refractivity (Wildman–Crippen MR) is 69.5 cm³/mol. The van der Waals surface area contributed by atoms with Gasteiger partial charge in [-0.2, -0.15) is 5.10 Å². The fourth-order valence-electron chi connectivity index (χ4n) is 1.67. The standard InChI is InChI=1S/C13H18N4O/c1-10-4-2-3-5-11(10)18-9-7-13-15-12(6-8-14)16-17-13/h2-5H,6-9,14H2,1H3,(H,15,16,17). The van der Waals surface area contributed by atoms with E-state index in [1.165, 1.54) is 0 Å². The van der Waals surface area contributed by atoms with E-state index in [-0.39, 0.29) is 0 Å². The molecule has 0 aliphatic rings. The Morgan fingerprint density at radius 1 is 1.28 bits per heavy atom. The number of nitrogens with two attached hydrogens (primary N) is 1. The van der Waals surface area contributed by atoms with Crippen molar-refractivity contribution in [2.45, 2.75) is 19.8 Å². The number of rotatable bonds is 6. The van der Waals surface area contributed by atoms with Crippen LogP contribution in [0.1, 0.15) is 17.2 Å². The summed E-state index contributed by atoms with van der Waals surface area (Å²) in [5.74, 6) is 2.52. The van der Waals surface area contributed by atoms with Gasteiger partial charge in [0.2, 0.25) is 0 Å². The van der Waals surface area contributed by atoms with Crippen LogP contribution in [0.25, 0.3) is 0 Å². The maximum Gasteiger partial charge on any atom is 0.154 e. The Bertz CT molecular complexity index is 495. The Morgan fingerprint density at radius 3 is 2.89 bits per heavy atom. The van der Waals surface area contributed by atoms with Crippen LogP contribution >= 0.6 is 0 Å². The van der Waals surface area contributed by atoms with E-state index in [9.17, 15) is 0 Å². The number of hydrogen-bond donors (Lipinski definition) is 2. The van der Waals surface area contributed by atoms with Gasteiger partial charge in [0.1, 0.15) is 11.6 Å².